The molecule has 25 heavy (non-hydrogen) atoms. The number of benzene rings is 1. The lowest BCUT2D eigenvalue weighted by Crippen LogP contribution is -2.46. The monoisotopic (exact) mass is 336 g/mol. The van der Waals surface area contributed by atoms with E-state index in [1.54, 1.807) is 18.2 Å². The highest BCUT2D eigenvalue weighted by Crippen LogP contribution is 2.30. The Morgan fingerprint density at radius 3 is 2.28 bits per heavy atom. The van der Waals surface area contributed by atoms with E-state index in [4.69, 9.17) is 0 Å². The minimum absolute atomic E-state index is 0.0707. The molecule has 0 saturated carbocycles. The van der Waals surface area contributed by atoms with Crippen LogP contribution >= 0.6 is 0 Å². The van der Waals surface area contributed by atoms with Crippen LogP contribution in [0.5, 0.6) is 0 Å². The summed E-state index contributed by atoms with van der Waals surface area (Å²) in [5, 5.41) is 18.7. The predicted octanol–water partition coefficient (Wildman–Crippen LogP) is 2.90. The number of carbonyl (C=O) groups excluding carboxylic acids is 1. The van der Waals surface area contributed by atoms with Gasteiger partial charge < -0.3 is 9.80 Å². The summed E-state index contributed by atoms with van der Waals surface area (Å²) in [4.78, 5) is 16.9. The smallest absolute Gasteiger partial charge is 0.225 e. The second-order valence-electron chi connectivity index (χ2n) is 7.22. The van der Waals surface area contributed by atoms with E-state index in [2.05, 4.69) is 24.0 Å². The van der Waals surface area contributed by atoms with Crippen molar-refractivity contribution in [3.63, 3.8) is 0 Å². The van der Waals surface area contributed by atoms with Gasteiger partial charge in [0, 0.05) is 32.1 Å². The molecule has 1 aromatic rings. The van der Waals surface area contributed by atoms with Gasteiger partial charge in [-0.2, -0.15) is 10.5 Å². The highest BCUT2D eigenvalue weighted by molar-refractivity contribution is 5.79. The molecule has 130 valence electrons. The van der Waals surface area contributed by atoms with Gasteiger partial charge in [0.1, 0.15) is 12.1 Å². The molecule has 2 heterocycles. The SMILES string of the molecule is CC1CCCN(C(=O)C2CCN(c3c(C#N)cccc3C#N)CC2)C1. The van der Waals surface area contributed by atoms with Gasteiger partial charge in [-0.25, -0.2) is 0 Å². The number of nitriles is 2. The number of hydrogen-bond donors (Lipinski definition) is 0. The van der Waals surface area contributed by atoms with Gasteiger partial charge >= 0.3 is 0 Å². The van der Waals surface area contributed by atoms with Crippen molar-refractivity contribution in [2.75, 3.05) is 31.1 Å². The summed E-state index contributed by atoms with van der Waals surface area (Å²) in [6.45, 7) is 5.42. The van der Waals surface area contributed by atoms with Crippen LogP contribution in [0, 0.1) is 34.5 Å². The highest BCUT2D eigenvalue weighted by Gasteiger charge is 2.31. The number of rotatable bonds is 2. The first-order valence-corrected chi connectivity index (χ1v) is 9.11. The fraction of sp³-hybridized carbons (Fsp3) is 0.550. The first-order valence-electron chi connectivity index (χ1n) is 9.11. The van der Waals surface area contributed by atoms with Crippen molar-refractivity contribution in [3.05, 3.63) is 29.3 Å². The standard InChI is InChI=1S/C20H24N4O/c1-15-4-3-9-24(14-15)20(25)16-7-10-23(11-8-16)19-17(12-21)5-2-6-18(19)13-22/h2,5-6,15-16H,3-4,7-11,14H2,1H3. The third kappa shape index (κ3) is 3.61. The van der Waals surface area contributed by atoms with E-state index >= 15 is 0 Å². The van der Waals surface area contributed by atoms with Crippen molar-refractivity contribution >= 4 is 11.6 Å². The van der Waals surface area contributed by atoms with Crippen LogP contribution in [0.25, 0.3) is 0 Å². The van der Waals surface area contributed by atoms with Crippen LogP contribution in [0.4, 0.5) is 5.69 Å². The van der Waals surface area contributed by atoms with Gasteiger partial charge in [0.15, 0.2) is 0 Å². The lowest BCUT2D eigenvalue weighted by Gasteiger charge is -2.38. The van der Waals surface area contributed by atoms with E-state index in [1.807, 2.05) is 4.90 Å². The van der Waals surface area contributed by atoms with E-state index in [9.17, 15) is 15.3 Å². The Bertz CT molecular complexity index is 690. The van der Waals surface area contributed by atoms with Crippen LogP contribution in [0.2, 0.25) is 0 Å². The van der Waals surface area contributed by atoms with E-state index in [0.717, 1.165) is 38.0 Å². The Balaban J connectivity index is 1.68. The Labute approximate surface area is 149 Å². The summed E-state index contributed by atoms with van der Waals surface area (Å²) in [6, 6.07) is 9.63. The minimum atomic E-state index is 0.0707. The second kappa shape index (κ2) is 7.57. The molecule has 2 fully saturated rings. The van der Waals surface area contributed by atoms with E-state index in [-0.39, 0.29) is 5.92 Å². The summed E-state index contributed by atoms with van der Waals surface area (Å²) in [5.74, 6) is 0.958. The third-order valence-corrected chi connectivity index (χ3v) is 5.41. The molecular formula is C20H24N4O. The molecule has 0 spiro atoms. The maximum Gasteiger partial charge on any atom is 0.225 e. The number of para-hydroxylation sites is 1. The number of carbonyl (C=O) groups is 1. The molecule has 2 saturated heterocycles. The van der Waals surface area contributed by atoms with Crippen molar-refractivity contribution in [2.24, 2.45) is 11.8 Å². The molecule has 0 radical (unpaired) electrons. The van der Waals surface area contributed by atoms with Gasteiger partial charge in [0.05, 0.1) is 16.8 Å². The molecule has 0 bridgehead atoms. The first kappa shape index (κ1) is 17.3. The zero-order valence-electron chi connectivity index (χ0n) is 14.7. The lowest BCUT2D eigenvalue weighted by molar-refractivity contribution is -0.137. The molecule has 5 heteroatoms. The van der Waals surface area contributed by atoms with Crippen LogP contribution in [0.1, 0.15) is 43.7 Å². The van der Waals surface area contributed by atoms with Gasteiger partial charge in [0.2, 0.25) is 5.91 Å². The second-order valence-corrected chi connectivity index (χ2v) is 7.22. The van der Waals surface area contributed by atoms with Gasteiger partial charge in [-0.15, -0.1) is 0 Å². The van der Waals surface area contributed by atoms with Gasteiger partial charge in [-0.05, 0) is 43.7 Å². The van der Waals surface area contributed by atoms with Crippen LogP contribution < -0.4 is 4.90 Å². The van der Waals surface area contributed by atoms with Crippen molar-refractivity contribution in [1.82, 2.24) is 4.90 Å². The summed E-state index contributed by atoms with van der Waals surface area (Å²) in [6.07, 6.45) is 3.89. The summed E-state index contributed by atoms with van der Waals surface area (Å²) in [7, 11) is 0. The molecule has 3 rings (SSSR count). The van der Waals surface area contributed by atoms with E-state index in [0.29, 0.717) is 36.0 Å². The Morgan fingerprint density at radius 2 is 1.72 bits per heavy atom. The molecule has 2 aliphatic heterocycles. The topological polar surface area (TPSA) is 71.1 Å². The fourth-order valence-corrected chi connectivity index (χ4v) is 4.06. The molecule has 2 aliphatic rings. The lowest BCUT2D eigenvalue weighted by atomic mass is 9.92. The molecule has 5 nitrogen and oxygen atoms in total. The number of piperidine rings is 2. The van der Waals surface area contributed by atoms with Crippen molar-refractivity contribution in [1.29, 1.82) is 10.5 Å². The maximum absolute atomic E-state index is 12.8. The quantitative estimate of drug-likeness (QED) is 0.832. The third-order valence-electron chi connectivity index (χ3n) is 5.41. The average Bonchev–Trinajstić information content (AvgIpc) is 2.66. The van der Waals surface area contributed by atoms with E-state index in [1.165, 1.54) is 6.42 Å². The summed E-state index contributed by atoms with van der Waals surface area (Å²) >= 11 is 0. The van der Waals surface area contributed by atoms with Crippen LogP contribution in [-0.4, -0.2) is 37.0 Å². The molecule has 1 aromatic carbocycles. The van der Waals surface area contributed by atoms with Crippen molar-refractivity contribution in [2.45, 2.75) is 32.6 Å². The first-order chi connectivity index (χ1) is 12.1. The summed E-state index contributed by atoms with van der Waals surface area (Å²) in [5.41, 5.74) is 1.80. The molecule has 1 unspecified atom stereocenters. The normalized spacial score (nSPS) is 21.5. The molecule has 0 aromatic heterocycles. The maximum atomic E-state index is 12.8. The van der Waals surface area contributed by atoms with Crippen LogP contribution in [-0.2, 0) is 4.79 Å². The Morgan fingerprint density at radius 1 is 1.08 bits per heavy atom. The summed E-state index contributed by atoms with van der Waals surface area (Å²) < 4.78 is 0. The largest absolute Gasteiger partial charge is 0.369 e. The van der Waals surface area contributed by atoms with Gasteiger partial charge in [0.25, 0.3) is 0 Å². The number of likely N-dealkylation sites (tertiary alicyclic amines) is 1. The number of hydrogen-bond acceptors (Lipinski definition) is 4. The Kier molecular flexibility index (Phi) is 5.24. The van der Waals surface area contributed by atoms with Crippen LogP contribution in [0.15, 0.2) is 18.2 Å². The molecule has 1 amide bonds. The zero-order valence-corrected chi connectivity index (χ0v) is 14.7. The van der Waals surface area contributed by atoms with E-state index < -0.39 is 0 Å². The fourth-order valence-electron chi connectivity index (χ4n) is 4.06. The van der Waals surface area contributed by atoms with Crippen LogP contribution in [0.3, 0.4) is 0 Å². The van der Waals surface area contributed by atoms with Gasteiger partial charge in [-0.1, -0.05) is 13.0 Å². The zero-order chi connectivity index (χ0) is 17.8. The van der Waals surface area contributed by atoms with Crippen molar-refractivity contribution in [3.8, 4) is 12.1 Å². The molecule has 1 atom stereocenters. The van der Waals surface area contributed by atoms with Crippen molar-refractivity contribution < 1.29 is 4.79 Å². The molecular weight excluding hydrogens is 312 g/mol. The number of anilines is 1. The minimum Gasteiger partial charge on any atom is -0.369 e. The Hall–Kier alpha value is -2.53. The average molecular weight is 336 g/mol. The molecule has 0 N–H and O–H groups in total. The predicted molar refractivity (Wildman–Crippen MR) is 95.8 cm³/mol. The number of amides is 1. The van der Waals surface area contributed by atoms with Gasteiger partial charge in [-0.3, -0.25) is 4.79 Å². The molecule has 0 aliphatic carbocycles. The highest BCUT2D eigenvalue weighted by atomic mass is 16.2. The number of nitrogens with zero attached hydrogens (tertiary/aromatic N) is 4.